The molecule has 148 valence electrons. The van der Waals surface area contributed by atoms with Crippen molar-refractivity contribution in [2.45, 2.75) is 0 Å². The summed E-state index contributed by atoms with van der Waals surface area (Å²) >= 11 is 1.91. The quantitative estimate of drug-likeness (QED) is 0.259. The van der Waals surface area contributed by atoms with Crippen LogP contribution in [0, 0.1) is 0 Å². The molecule has 0 bridgehead atoms. The Hall–Kier alpha value is -3.95. The van der Waals surface area contributed by atoms with E-state index < -0.39 is 0 Å². The van der Waals surface area contributed by atoms with E-state index in [1.807, 2.05) is 23.6 Å². The second-order valence-electron chi connectivity index (χ2n) is 8.46. The fraction of sp³-hybridized carbons (Fsp3) is 0. The van der Waals surface area contributed by atoms with Crippen molar-refractivity contribution >= 4 is 86.5 Å². The van der Waals surface area contributed by atoms with Gasteiger partial charge < -0.3 is 4.40 Å². The molecule has 8 aromatic rings. The second-order valence-corrected chi connectivity index (χ2v) is 9.51. The van der Waals surface area contributed by atoms with E-state index in [9.17, 15) is 0 Å². The monoisotopic (exact) mass is 424 g/mol. The Morgan fingerprint density at radius 1 is 0.750 bits per heavy atom. The maximum Gasteiger partial charge on any atom is 0.0702 e. The van der Waals surface area contributed by atoms with Crippen LogP contribution in [0.5, 0.6) is 0 Å². The Kier molecular flexibility index (Phi) is 2.94. The molecule has 0 radical (unpaired) electrons. The third-order valence-electron chi connectivity index (χ3n) is 6.93. The fourth-order valence-electron chi connectivity index (χ4n) is 5.59. The van der Waals surface area contributed by atoms with Gasteiger partial charge in [0.15, 0.2) is 0 Å². The van der Waals surface area contributed by atoms with Crippen molar-refractivity contribution in [2.24, 2.45) is 0 Å². The minimum atomic E-state index is 0.936. The zero-order chi connectivity index (χ0) is 21.0. The Balaban J connectivity index is 1.66. The lowest BCUT2D eigenvalue weighted by molar-refractivity contribution is 1.33. The molecule has 4 aromatic heterocycles. The van der Waals surface area contributed by atoms with Gasteiger partial charge in [0.05, 0.1) is 22.2 Å². The standard InChI is InChI=1S/C29H16N2S/c1-2-23-21-15-22-18-7-5-8-20-27-24(31(28(18)20)25(22)14-16(21)12-13-30-23)11-10-19-17-6-3-4-9-26(17)32-29(19)27/h2-15H,1H2. The topological polar surface area (TPSA) is 17.3 Å². The summed E-state index contributed by atoms with van der Waals surface area (Å²) in [5.74, 6) is 0. The Bertz CT molecular complexity index is 2060. The van der Waals surface area contributed by atoms with Crippen LogP contribution in [-0.4, -0.2) is 9.38 Å². The van der Waals surface area contributed by atoms with Crippen LogP contribution >= 0.6 is 11.3 Å². The van der Waals surface area contributed by atoms with Crippen molar-refractivity contribution in [2.75, 3.05) is 0 Å². The first-order chi connectivity index (χ1) is 15.8. The minimum absolute atomic E-state index is 0.936. The molecule has 0 aliphatic rings. The molecule has 0 spiro atoms. The summed E-state index contributed by atoms with van der Waals surface area (Å²) in [5.41, 5.74) is 4.78. The van der Waals surface area contributed by atoms with E-state index in [1.54, 1.807) is 0 Å². The molecule has 0 aliphatic heterocycles. The van der Waals surface area contributed by atoms with Gasteiger partial charge in [0.1, 0.15) is 0 Å². The van der Waals surface area contributed by atoms with Crippen LogP contribution in [0.1, 0.15) is 5.69 Å². The SMILES string of the molecule is C=Cc1nccc2cc3c(cc12)c1cccc2c4c5sc6ccccc6c5ccc4n3c12. The van der Waals surface area contributed by atoms with Crippen molar-refractivity contribution in [3.8, 4) is 0 Å². The van der Waals surface area contributed by atoms with Gasteiger partial charge in [0.2, 0.25) is 0 Å². The molecule has 4 aromatic carbocycles. The summed E-state index contributed by atoms with van der Waals surface area (Å²) in [6.45, 7) is 3.96. The molecule has 3 heteroatoms. The van der Waals surface area contributed by atoms with Gasteiger partial charge in [0, 0.05) is 53.3 Å². The molecule has 0 amide bonds. The normalized spacial score (nSPS) is 12.5. The van der Waals surface area contributed by atoms with Crippen LogP contribution in [0.3, 0.4) is 0 Å². The van der Waals surface area contributed by atoms with Crippen LogP contribution in [-0.2, 0) is 0 Å². The largest absolute Gasteiger partial charge is 0.308 e. The number of rotatable bonds is 1. The molecule has 0 aliphatic carbocycles. The number of thiophene rings is 1. The first-order valence-corrected chi connectivity index (χ1v) is 11.6. The Morgan fingerprint density at radius 3 is 2.56 bits per heavy atom. The molecular formula is C29H16N2S. The summed E-state index contributed by atoms with van der Waals surface area (Å²) in [5, 5.41) is 10.3. The third kappa shape index (κ3) is 1.85. The number of hydrogen-bond acceptors (Lipinski definition) is 2. The maximum atomic E-state index is 4.52. The van der Waals surface area contributed by atoms with Crippen LogP contribution in [0.25, 0.3) is 75.1 Å². The van der Waals surface area contributed by atoms with Crippen LogP contribution < -0.4 is 0 Å². The molecule has 0 unspecified atom stereocenters. The van der Waals surface area contributed by atoms with E-state index in [0.29, 0.717) is 0 Å². The first kappa shape index (κ1) is 16.7. The average Bonchev–Trinajstić information content (AvgIpc) is 3.48. The smallest absolute Gasteiger partial charge is 0.0702 e. The summed E-state index contributed by atoms with van der Waals surface area (Å²) < 4.78 is 5.19. The summed E-state index contributed by atoms with van der Waals surface area (Å²) in [6, 6.07) is 26.8. The predicted molar refractivity (Wildman–Crippen MR) is 139 cm³/mol. The summed E-state index contributed by atoms with van der Waals surface area (Å²) in [4.78, 5) is 4.52. The van der Waals surface area contributed by atoms with Crippen LogP contribution in [0.2, 0.25) is 0 Å². The number of benzene rings is 4. The van der Waals surface area contributed by atoms with E-state index in [1.165, 1.54) is 63.7 Å². The van der Waals surface area contributed by atoms with Crippen LogP contribution in [0.15, 0.2) is 85.6 Å². The highest BCUT2D eigenvalue weighted by Gasteiger charge is 2.20. The highest BCUT2D eigenvalue weighted by atomic mass is 32.1. The minimum Gasteiger partial charge on any atom is -0.308 e. The number of pyridine rings is 1. The maximum absolute atomic E-state index is 4.52. The number of hydrogen-bond donors (Lipinski definition) is 0. The Morgan fingerprint density at radius 2 is 1.62 bits per heavy atom. The van der Waals surface area contributed by atoms with Gasteiger partial charge in [-0.05, 0) is 41.8 Å². The van der Waals surface area contributed by atoms with Crippen molar-refractivity contribution in [3.63, 3.8) is 0 Å². The van der Waals surface area contributed by atoms with Crippen molar-refractivity contribution in [1.82, 2.24) is 9.38 Å². The Labute approximate surface area is 187 Å². The number of fused-ring (bicyclic) bond motifs is 11. The van der Waals surface area contributed by atoms with Crippen LogP contribution in [0.4, 0.5) is 0 Å². The van der Waals surface area contributed by atoms with Crippen molar-refractivity contribution < 1.29 is 0 Å². The second kappa shape index (κ2) is 5.64. The van der Waals surface area contributed by atoms with Gasteiger partial charge in [-0.25, -0.2) is 0 Å². The van der Waals surface area contributed by atoms with Gasteiger partial charge in [-0.3, -0.25) is 4.98 Å². The van der Waals surface area contributed by atoms with E-state index in [0.717, 1.165) is 11.1 Å². The van der Waals surface area contributed by atoms with Gasteiger partial charge in [-0.15, -0.1) is 11.3 Å². The first-order valence-electron chi connectivity index (χ1n) is 10.8. The van der Waals surface area contributed by atoms with E-state index in [-0.39, 0.29) is 0 Å². The van der Waals surface area contributed by atoms with Gasteiger partial charge in [0.25, 0.3) is 0 Å². The molecule has 0 saturated heterocycles. The van der Waals surface area contributed by atoms with E-state index >= 15 is 0 Å². The third-order valence-corrected chi connectivity index (χ3v) is 8.13. The number of aromatic nitrogens is 2. The molecular weight excluding hydrogens is 408 g/mol. The highest BCUT2D eigenvalue weighted by molar-refractivity contribution is 7.26. The van der Waals surface area contributed by atoms with Crippen molar-refractivity contribution in [1.29, 1.82) is 0 Å². The molecule has 0 fully saturated rings. The molecule has 0 atom stereocenters. The zero-order valence-corrected chi connectivity index (χ0v) is 17.9. The predicted octanol–water partition coefficient (Wildman–Crippen LogP) is 8.40. The molecule has 32 heavy (non-hydrogen) atoms. The van der Waals surface area contributed by atoms with Gasteiger partial charge in [-0.2, -0.15) is 0 Å². The highest BCUT2D eigenvalue weighted by Crippen LogP contribution is 2.46. The lowest BCUT2D eigenvalue weighted by atomic mass is 10.0. The molecule has 0 saturated carbocycles. The zero-order valence-electron chi connectivity index (χ0n) is 17.1. The molecule has 2 nitrogen and oxygen atoms in total. The number of nitrogens with zero attached hydrogens (tertiary/aromatic N) is 2. The molecule has 0 N–H and O–H groups in total. The van der Waals surface area contributed by atoms with Crippen molar-refractivity contribution in [3.05, 3.63) is 91.3 Å². The summed E-state index contributed by atoms with van der Waals surface area (Å²) in [7, 11) is 0. The molecule has 8 rings (SSSR count). The number of para-hydroxylation sites is 1. The average molecular weight is 425 g/mol. The van der Waals surface area contributed by atoms with Gasteiger partial charge in [-0.1, -0.05) is 49.0 Å². The lowest BCUT2D eigenvalue weighted by Gasteiger charge is -2.04. The van der Waals surface area contributed by atoms with Gasteiger partial charge >= 0.3 is 0 Å². The summed E-state index contributed by atoms with van der Waals surface area (Å²) in [6.07, 6.45) is 3.72. The van der Waals surface area contributed by atoms with E-state index in [2.05, 4.69) is 88.8 Å². The molecule has 4 heterocycles. The fourth-order valence-corrected chi connectivity index (χ4v) is 6.85. The van der Waals surface area contributed by atoms with E-state index in [4.69, 9.17) is 0 Å². The lowest BCUT2D eigenvalue weighted by Crippen LogP contribution is -1.85.